The molecule has 2 aromatic rings. The summed E-state index contributed by atoms with van der Waals surface area (Å²) < 4.78 is 2.73. The predicted molar refractivity (Wildman–Crippen MR) is 80.9 cm³/mol. The van der Waals surface area contributed by atoms with Crippen molar-refractivity contribution in [3.05, 3.63) is 44.6 Å². The summed E-state index contributed by atoms with van der Waals surface area (Å²) in [6.45, 7) is 4.01. The Hall–Kier alpha value is -0.840. The quantitative estimate of drug-likeness (QED) is 0.909. The lowest BCUT2D eigenvalue weighted by Crippen LogP contribution is -2.00. The van der Waals surface area contributed by atoms with E-state index in [9.17, 15) is 5.11 Å². The maximum atomic E-state index is 9.45. The van der Waals surface area contributed by atoms with E-state index in [0.29, 0.717) is 5.15 Å². The third-order valence-corrected chi connectivity index (χ3v) is 3.92. The van der Waals surface area contributed by atoms with Crippen molar-refractivity contribution < 1.29 is 5.11 Å². The van der Waals surface area contributed by atoms with Crippen molar-refractivity contribution in [3.63, 3.8) is 0 Å². The lowest BCUT2D eigenvalue weighted by molar-refractivity contribution is 0.280. The van der Waals surface area contributed by atoms with Gasteiger partial charge in [0.05, 0.1) is 18.0 Å². The molecule has 0 fully saturated rings. The molecule has 102 valence electrons. The van der Waals surface area contributed by atoms with Crippen LogP contribution >= 0.6 is 27.5 Å². The maximum absolute atomic E-state index is 9.45. The van der Waals surface area contributed by atoms with Gasteiger partial charge in [0.2, 0.25) is 0 Å². The third kappa shape index (κ3) is 2.86. The molecule has 0 radical (unpaired) electrons. The molecule has 0 saturated carbocycles. The maximum Gasteiger partial charge on any atom is 0.138 e. The van der Waals surface area contributed by atoms with Gasteiger partial charge in [0, 0.05) is 10.0 Å². The Labute approximate surface area is 126 Å². The third-order valence-electron chi connectivity index (χ3n) is 3.04. The zero-order chi connectivity index (χ0) is 14.0. The average molecular weight is 344 g/mol. The molecular formula is C14H16BrClN2O. The van der Waals surface area contributed by atoms with Crippen molar-refractivity contribution in [2.45, 2.75) is 33.3 Å². The second-order valence-electron chi connectivity index (χ2n) is 4.47. The number of rotatable bonds is 4. The fourth-order valence-corrected chi connectivity index (χ4v) is 2.86. The van der Waals surface area contributed by atoms with Gasteiger partial charge in [-0.3, -0.25) is 0 Å². The zero-order valence-corrected chi connectivity index (χ0v) is 13.3. The van der Waals surface area contributed by atoms with Crippen LogP contribution in [0.15, 0.2) is 22.7 Å². The largest absolute Gasteiger partial charge is 0.391 e. The Bertz CT molecular complexity index is 595. The van der Waals surface area contributed by atoms with Crippen LogP contribution in [0.5, 0.6) is 0 Å². The number of aryl methyl sites for hydroxylation is 2. The van der Waals surface area contributed by atoms with E-state index in [-0.39, 0.29) is 6.61 Å². The molecule has 0 aliphatic carbocycles. The van der Waals surface area contributed by atoms with Gasteiger partial charge in [-0.25, -0.2) is 4.68 Å². The van der Waals surface area contributed by atoms with Gasteiger partial charge in [-0.15, -0.1) is 0 Å². The number of aromatic nitrogens is 2. The Balaban J connectivity index is 2.56. The van der Waals surface area contributed by atoms with Crippen molar-refractivity contribution in [3.8, 4) is 5.69 Å². The molecule has 0 amide bonds. The summed E-state index contributed by atoms with van der Waals surface area (Å²) in [6.07, 6.45) is 1.79. The van der Waals surface area contributed by atoms with Gasteiger partial charge in [-0.1, -0.05) is 40.9 Å². The summed E-state index contributed by atoms with van der Waals surface area (Å²) in [6, 6.07) is 5.94. The highest BCUT2D eigenvalue weighted by molar-refractivity contribution is 9.10. The Morgan fingerprint density at radius 3 is 2.74 bits per heavy atom. The number of aliphatic hydroxyl groups is 1. The van der Waals surface area contributed by atoms with Crippen molar-refractivity contribution in [2.24, 2.45) is 0 Å². The number of benzene rings is 1. The smallest absolute Gasteiger partial charge is 0.138 e. The van der Waals surface area contributed by atoms with Crippen molar-refractivity contribution in [1.29, 1.82) is 0 Å². The summed E-state index contributed by atoms with van der Waals surface area (Å²) in [7, 11) is 0. The average Bonchev–Trinajstić information content (AvgIpc) is 2.66. The topological polar surface area (TPSA) is 38.0 Å². The Kier molecular flexibility index (Phi) is 4.66. The molecule has 0 spiro atoms. The first-order valence-electron chi connectivity index (χ1n) is 6.22. The number of nitrogens with zero attached hydrogens (tertiary/aromatic N) is 2. The minimum atomic E-state index is -0.0796. The van der Waals surface area contributed by atoms with E-state index in [4.69, 9.17) is 11.6 Å². The molecule has 0 atom stereocenters. The second kappa shape index (κ2) is 6.07. The number of hydrogen-bond acceptors (Lipinski definition) is 2. The van der Waals surface area contributed by atoms with Gasteiger partial charge in [-0.2, -0.15) is 5.10 Å². The van der Waals surface area contributed by atoms with Crippen LogP contribution in [-0.4, -0.2) is 14.9 Å². The normalized spacial score (nSPS) is 11.0. The van der Waals surface area contributed by atoms with Gasteiger partial charge >= 0.3 is 0 Å². The van der Waals surface area contributed by atoms with E-state index >= 15 is 0 Å². The highest BCUT2D eigenvalue weighted by Crippen LogP contribution is 2.27. The van der Waals surface area contributed by atoms with Crippen LogP contribution in [0.2, 0.25) is 5.15 Å². The Morgan fingerprint density at radius 1 is 1.42 bits per heavy atom. The van der Waals surface area contributed by atoms with E-state index in [1.807, 2.05) is 25.1 Å². The van der Waals surface area contributed by atoms with E-state index in [0.717, 1.165) is 39.8 Å². The summed E-state index contributed by atoms with van der Waals surface area (Å²) in [4.78, 5) is 0. The molecule has 0 saturated heterocycles. The van der Waals surface area contributed by atoms with Crippen LogP contribution in [0.3, 0.4) is 0 Å². The van der Waals surface area contributed by atoms with E-state index in [1.165, 1.54) is 0 Å². The fraction of sp³-hybridized carbons (Fsp3) is 0.357. The van der Waals surface area contributed by atoms with E-state index < -0.39 is 0 Å². The number of halogens is 2. The van der Waals surface area contributed by atoms with Crippen molar-refractivity contribution in [2.75, 3.05) is 0 Å². The van der Waals surface area contributed by atoms with Crippen LogP contribution < -0.4 is 0 Å². The molecule has 0 aliphatic rings. The Morgan fingerprint density at radius 2 is 2.16 bits per heavy atom. The van der Waals surface area contributed by atoms with Gasteiger partial charge in [0.15, 0.2) is 0 Å². The van der Waals surface area contributed by atoms with Gasteiger partial charge < -0.3 is 5.11 Å². The lowest BCUT2D eigenvalue weighted by atomic mass is 10.2. The molecule has 1 N–H and O–H groups in total. The minimum Gasteiger partial charge on any atom is -0.391 e. The highest BCUT2D eigenvalue weighted by Gasteiger charge is 2.17. The number of hydrogen-bond donors (Lipinski definition) is 1. The zero-order valence-electron chi connectivity index (χ0n) is 11.0. The molecule has 19 heavy (non-hydrogen) atoms. The SMILES string of the molecule is CCCc1nn(-c2ccc(Br)cc2C)c(Cl)c1CO. The van der Waals surface area contributed by atoms with Gasteiger partial charge in [0.1, 0.15) is 5.15 Å². The van der Waals surface area contributed by atoms with Gasteiger partial charge in [-0.05, 0) is 37.1 Å². The number of aliphatic hydroxyl groups excluding tert-OH is 1. The van der Waals surface area contributed by atoms with E-state index in [1.54, 1.807) is 4.68 Å². The molecule has 5 heteroatoms. The summed E-state index contributed by atoms with van der Waals surface area (Å²) in [5, 5.41) is 14.5. The van der Waals surface area contributed by atoms with Crippen LogP contribution in [0.25, 0.3) is 5.69 Å². The molecule has 0 bridgehead atoms. The predicted octanol–water partition coefficient (Wildman–Crippen LogP) is 4.04. The van der Waals surface area contributed by atoms with Crippen molar-refractivity contribution in [1.82, 2.24) is 9.78 Å². The standard InChI is InChI=1S/C14H16BrClN2O/c1-3-4-12-11(8-19)14(16)18(17-12)13-6-5-10(15)7-9(13)2/h5-7,19H,3-4,8H2,1-2H3. The van der Waals surface area contributed by atoms with E-state index in [2.05, 4.69) is 28.0 Å². The summed E-state index contributed by atoms with van der Waals surface area (Å²) >= 11 is 9.78. The molecule has 1 aromatic carbocycles. The fourth-order valence-electron chi connectivity index (χ4n) is 2.08. The van der Waals surface area contributed by atoms with Crippen LogP contribution in [0, 0.1) is 6.92 Å². The molecular weight excluding hydrogens is 328 g/mol. The van der Waals surface area contributed by atoms with Crippen molar-refractivity contribution >= 4 is 27.5 Å². The highest BCUT2D eigenvalue weighted by atomic mass is 79.9. The minimum absolute atomic E-state index is 0.0796. The molecule has 3 nitrogen and oxygen atoms in total. The lowest BCUT2D eigenvalue weighted by Gasteiger charge is -2.07. The first-order valence-corrected chi connectivity index (χ1v) is 7.39. The van der Waals surface area contributed by atoms with Crippen LogP contribution in [-0.2, 0) is 13.0 Å². The second-order valence-corrected chi connectivity index (χ2v) is 5.74. The summed E-state index contributed by atoms with van der Waals surface area (Å²) in [5.74, 6) is 0. The molecule has 2 rings (SSSR count). The first-order chi connectivity index (χ1) is 9.08. The molecule has 1 aromatic heterocycles. The van der Waals surface area contributed by atoms with Crippen LogP contribution in [0.1, 0.15) is 30.2 Å². The van der Waals surface area contributed by atoms with Gasteiger partial charge in [0.25, 0.3) is 0 Å². The first kappa shape index (κ1) is 14.6. The molecule has 1 heterocycles. The summed E-state index contributed by atoms with van der Waals surface area (Å²) in [5.41, 5.74) is 3.61. The van der Waals surface area contributed by atoms with Crippen LogP contribution in [0.4, 0.5) is 0 Å². The molecule has 0 unspecified atom stereocenters. The monoisotopic (exact) mass is 342 g/mol. The molecule has 0 aliphatic heterocycles.